The lowest BCUT2D eigenvalue weighted by atomic mass is 9.86. The summed E-state index contributed by atoms with van der Waals surface area (Å²) in [5.41, 5.74) is -0.0707. The summed E-state index contributed by atoms with van der Waals surface area (Å²) in [4.78, 5) is 29.0. The number of carbonyl (C=O) groups excluding carboxylic acids is 1. The van der Waals surface area contributed by atoms with Gasteiger partial charge in [-0.15, -0.1) is 11.3 Å². The van der Waals surface area contributed by atoms with E-state index in [2.05, 4.69) is 10.3 Å². The summed E-state index contributed by atoms with van der Waals surface area (Å²) in [5.74, 6) is -1.27. The van der Waals surface area contributed by atoms with E-state index in [1.54, 1.807) is 22.0 Å². The number of hydrogen-bond donors (Lipinski definition) is 1. The van der Waals surface area contributed by atoms with Gasteiger partial charge in [-0.2, -0.15) is 4.98 Å². The lowest BCUT2D eigenvalue weighted by Crippen LogP contribution is -2.32. The molecule has 0 bridgehead atoms. The Morgan fingerprint density at radius 1 is 1.35 bits per heavy atom. The normalized spacial score (nSPS) is 17.1. The van der Waals surface area contributed by atoms with Crippen molar-refractivity contribution in [1.29, 1.82) is 0 Å². The highest BCUT2D eigenvalue weighted by Gasteiger charge is 2.34. The highest BCUT2D eigenvalue weighted by molar-refractivity contribution is 7.15. The van der Waals surface area contributed by atoms with Crippen molar-refractivity contribution >= 4 is 39.6 Å². The molecule has 23 heavy (non-hydrogen) atoms. The first kappa shape index (κ1) is 14.3. The topological polar surface area (TPSA) is 63.5 Å². The van der Waals surface area contributed by atoms with Gasteiger partial charge in [-0.05, 0) is 12.1 Å². The van der Waals surface area contributed by atoms with Crippen LogP contribution in [0.15, 0.2) is 34.6 Å². The van der Waals surface area contributed by atoms with E-state index >= 15 is 0 Å². The molecule has 3 aromatic rings. The van der Waals surface area contributed by atoms with Crippen LogP contribution in [0.5, 0.6) is 0 Å². The van der Waals surface area contributed by atoms with Crippen molar-refractivity contribution in [2.24, 2.45) is 0 Å². The number of halogens is 2. The van der Waals surface area contributed by atoms with Gasteiger partial charge in [0.25, 0.3) is 5.56 Å². The first-order valence-corrected chi connectivity index (χ1v) is 8.05. The van der Waals surface area contributed by atoms with E-state index in [9.17, 15) is 14.0 Å². The predicted molar refractivity (Wildman–Crippen MR) is 85.8 cm³/mol. The van der Waals surface area contributed by atoms with Gasteiger partial charge in [-0.1, -0.05) is 17.7 Å². The maximum atomic E-state index is 14.3. The summed E-state index contributed by atoms with van der Waals surface area (Å²) in [6, 6.07) is 4.29. The molecule has 1 aliphatic heterocycles. The minimum Gasteiger partial charge on any atom is -0.311 e. The lowest BCUT2D eigenvalue weighted by molar-refractivity contribution is -0.116. The molecule has 0 radical (unpaired) electrons. The maximum Gasteiger partial charge on any atom is 0.279 e. The van der Waals surface area contributed by atoms with Gasteiger partial charge in [0.1, 0.15) is 11.6 Å². The van der Waals surface area contributed by atoms with Gasteiger partial charge < -0.3 is 5.32 Å². The van der Waals surface area contributed by atoms with Crippen LogP contribution in [0.3, 0.4) is 0 Å². The van der Waals surface area contributed by atoms with Gasteiger partial charge in [-0.25, -0.2) is 4.39 Å². The molecule has 1 aromatic carbocycles. The SMILES string of the molecule is O=C1C[C@H](c2c(F)cccc2Cl)c2c(n3ccsc3nc2=O)N1. The van der Waals surface area contributed by atoms with E-state index in [-0.39, 0.29) is 28.5 Å². The molecule has 0 unspecified atom stereocenters. The second-order valence-corrected chi connectivity index (χ2v) is 6.46. The molecule has 5 nitrogen and oxygen atoms in total. The van der Waals surface area contributed by atoms with Crippen molar-refractivity contribution in [2.75, 3.05) is 5.32 Å². The molecule has 8 heteroatoms. The summed E-state index contributed by atoms with van der Waals surface area (Å²) in [5, 5.41) is 4.64. The monoisotopic (exact) mass is 349 g/mol. The van der Waals surface area contributed by atoms with Crippen molar-refractivity contribution in [3.63, 3.8) is 0 Å². The summed E-state index contributed by atoms with van der Waals surface area (Å²) >= 11 is 7.41. The highest BCUT2D eigenvalue weighted by atomic mass is 35.5. The largest absolute Gasteiger partial charge is 0.311 e. The molecule has 0 fully saturated rings. The smallest absolute Gasteiger partial charge is 0.279 e. The number of aromatic nitrogens is 2. The van der Waals surface area contributed by atoms with Crippen LogP contribution >= 0.6 is 22.9 Å². The van der Waals surface area contributed by atoms with Gasteiger partial charge in [0.2, 0.25) is 5.91 Å². The Kier molecular flexibility index (Phi) is 3.21. The Balaban J connectivity index is 2.06. The summed E-state index contributed by atoms with van der Waals surface area (Å²) in [6.07, 6.45) is 1.65. The average Bonchev–Trinajstić information content (AvgIpc) is 2.95. The fourth-order valence-electron chi connectivity index (χ4n) is 2.90. The molecule has 1 atom stereocenters. The second-order valence-electron chi connectivity index (χ2n) is 5.18. The van der Waals surface area contributed by atoms with Crippen LogP contribution in [0, 0.1) is 5.82 Å². The maximum absolute atomic E-state index is 14.3. The molecule has 0 spiro atoms. The minimum atomic E-state index is -0.760. The number of carbonyl (C=O) groups is 1. The number of thiazole rings is 1. The Morgan fingerprint density at radius 3 is 2.96 bits per heavy atom. The Morgan fingerprint density at radius 2 is 2.17 bits per heavy atom. The number of fused-ring (bicyclic) bond motifs is 3. The van der Waals surface area contributed by atoms with Crippen LogP contribution in [0.1, 0.15) is 23.5 Å². The van der Waals surface area contributed by atoms with E-state index in [0.717, 1.165) is 0 Å². The molecule has 1 N–H and O–H groups in total. The van der Waals surface area contributed by atoms with E-state index in [4.69, 9.17) is 11.6 Å². The van der Waals surface area contributed by atoms with Gasteiger partial charge in [-0.3, -0.25) is 14.0 Å². The zero-order chi connectivity index (χ0) is 16.1. The third-order valence-electron chi connectivity index (χ3n) is 3.86. The second kappa shape index (κ2) is 5.14. The molecule has 0 saturated carbocycles. The lowest BCUT2D eigenvalue weighted by Gasteiger charge is -2.26. The Hall–Kier alpha value is -2.25. The van der Waals surface area contributed by atoms with E-state index in [1.165, 1.54) is 23.5 Å². The van der Waals surface area contributed by atoms with Crippen LogP contribution in [0.25, 0.3) is 4.96 Å². The zero-order valence-electron chi connectivity index (χ0n) is 11.5. The van der Waals surface area contributed by atoms with Crippen LogP contribution in [0.2, 0.25) is 5.02 Å². The fraction of sp³-hybridized carbons (Fsp3) is 0.133. The Labute approximate surface area is 138 Å². The summed E-state index contributed by atoms with van der Waals surface area (Å²) in [7, 11) is 0. The molecule has 2 aromatic heterocycles. The molecule has 1 aliphatic rings. The van der Waals surface area contributed by atoms with Gasteiger partial charge in [0.15, 0.2) is 4.96 Å². The van der Waals surface area contributed by atoms with Gasteiger partial charge in [0, 0.05) is 34.5 Å². The molecule has 0 aliphatic carbocycles. The van der Waals surface area contributed by atoms with Crippen LogP contribution in [-0.4, -0.2) is 15.3 Å². The highest BCUT2D eigenvalue weighted by Crippen LogP contribution is 2.39. The van der Waals surface area contributed by atoms with Gasteiger partial charge >= 0.3 is 0 Å². The number of hydrogen-bond acceptors (Lipinski definition) is 4. The third-order valence-corrected chi connectivity index (χ3v) is 4.94. The van der Waals surface area contributed by atoms with Gasteiger partial charge in [0.05, 0.1) is 5.56 Å². The van der Waals surface area contributed by atoms with Crippen molar-refractivity contribution in [3.05, 3.63) is 62.1 Å². The predicted octanol–water partition coefficient (Wildman–Crippen LogP) is 3.02. The van der Waals surface area contributed by atoms with E-state index in [0.29, 0.717) is 10.8 Å². The number of benzene rings is 1. The van der Waals surface area contributed by atoms with E-state index in [1.807, 2.05) is 0 Å². The van der Waals surface area contributed by atoms with Crippen LogP contribution < -0.4 is 10.9 Å². The fourth-order valence-corrected chi connectivity index (χ4v) is 3.90. The summed E-state index contributed by atoms with van der Waals surface area (Å²) in [6.45, 7) is 0. The number of rotatable bonds is 1. The average molecular weight is 350 g/mol. The Bertz CT molecular complexity index is 993. The molecular formula is C15H9ClFN3O2S. The number of nitrogens with one attached hydrogen (secondary N) is 1. The third kappa shape index (κ3) is 2.15. The molecule has 116 valence electrons. The molecule has 0 saturated heterocycles. The standard InChI is InChI=1S/C15H9ClFN3O2S/c16-8-2-1-3-9(17)11(8)7-6-10(21)18-13-12(7)14(22)19-15-20(13)4-5-23-15/h1-5,7H,6H2,(H,18,21)/t7-/m1/s1. The van der Waals surface area contributed by atoms with Crippen molar-refractivity contribution < 1.29 is 9.18 Å². The molecule has 4 rings (SSSR count). The van der Waals surface area contributed by atoms with E-state index < -0.39 is 17.3 Å². The van der Waals surface area contributed by atoms with Crippen LogP contribution in [0.4, 0.5) is 10.2 Å². The first-order chi connectivity index (χ1) is 11.1. The van der Waals surface area contributed by atoms with Crippen molar-refractivity contribution in [3.8, 4) is 0 Å². The molecule has 3 heterocycles. The summed E-state index contributed by atoms with van der Waals surface area (Å²) < 4.78 is 15.9. The molecular weight excluding hydrogens is 341 g/mol. The number of amides is 1. The van der Waals surface area contributed by atoms with Crippen molar-refractivity contribution in [1.82, 2.24) is 9.38 Å². The zero-order valence-corrected chi connectivity index (χ0v) is 13.1. The first-order valence-electron chi connectivity index (χ1n) is 6.80. The quantitative estimate of drug-likeness (QED) is 0.734. The van der Waals surface area contributed by atoms with Crippen molar-refractivity contribution in [2.45, 2.75) is 12.3 Å². The molecule has 1 amide bonds. The minimum absolute atomic E-state index is 0.0548. The number of anilines is 1. The number of nitrogens with zero attached hydrogens (tertiary/aromatic N) is 2. The van der Waals surface area contributed by atoms with Crippen LogP contribution in [-0.2, 0) is 4.79 Å².